The van der Waals surface area contributed by atoms with E-state index in [2.05, 4.69) is 17.3 Å². The van der Waals surface area contributed by atoms with Crippen molar-refractivity contribution in [3.63, 3.8) is 0 Å². The molecule has 0 spiro atoms. The lowest BCUT2D eigenvalue weighted by molar-refractivity contribution is -0.133. The summed E-state index contributed by atoms with van der Waals surface area (Å²) in [5.74, 6) is 0.778. The molecule has 3 aromatic carbocycles. The molecule has 0 fully saturated rings. The highest BCUT2D eigenvalue weighted by Gasteiger charge is 2.16. The zero-order chi connectivity index (χ0) is 25.0. The number of esters is 1. The summed E-state index contributed by atoms with van der Waals surface area (Å²) in [6.07, 6.45) is 2.53. The summed E-state index contributed by atoms with van der Waals surface area (Å²) in [5.41, 5.74) is 4.90. The highest BCUT2D eigenvalue weighted by Crippen LogP contribution is 2.30. The lowest BCUT2D eigenvalue weighted by Gasteiger charge is -2.15. The van der Waals surface area contributed by atoms with Crippen molar-refractivity contribution in [2.24, 2.45) is 5.16 Å². The van der Waals surface area contributed by atoms with E-state index in [0.717, 1.165) is 28.8 Å². The summed E-state index contributed by atoms with van der Waals surface area (Å²) < 4.78 is 16.6. The Morgan fingerprint density at radius 2 is 1.69 bits per heavy atom. The van der Waals surface area contributed by atoms with Gasteiger partial charge in [0.1, 0.15) is 13.2 Å². The molecular formula is C29H31NO5. The van der Waals surface area contributed by atoms with Gasteiger partial charge in [0, 0.05) is 12.0 Å². The Morgan fingerprint density at radius 3 is 2.40 bits per heavy atom. The largest absolute Gasteiger partial charge is 0.493 e. The Labute approximate surface area is 206 Å². The number of methoxy groups -OCH3 is 2. The van der Waals surface area contributed by atoms with E-state index in [0.29, 0.717) is 23.7 Å². The fraction of sp³-hybridized carbons (Fsp3) is 0.241. The summed E-state index contributed by atoms with van der Waals surface area (Å²) in [7, 11) is 2.97. The predicted octanol–water partition coefficient (Wildman–Crippen LogP) is 5.83. The number of hydrogen-bond donors (Lipinski definition) is 0. The van der Waals surface area contributed by atoms with Crippen LogP contribution in [0.1, 0.15) is 36.1 Å². The number of benzene rings is 3. The lowest BCUT2D eigenvalue weighted by Crippen LogP contribution is -2.08. The van der Waals surface area contributed by atoms with Crippen molar-refractivity contribution in [1.29, 1.82) is 0 Å². The van der Waals surface area contributed by atoms with Crippen LogP contribution in [0.4, 0.5) is 0 Å². The molecule has 0 N–H and O–H groups in total. The number of nitrogens with zero attached hydrogens (tertiary/aromatic N) is 1. The van der Waals surface area contributed by atoms with Gasteiger partial charge in [0.2, 0.25) is 0 Å². The van der Waals surface area contributed by atoms with E-state index in [1.165, 1.54) is 12.7 Å². The second kappa shape index (κ2) is 13.0. The van der Waals surface area contributed by atoms with Gasteiger partial charge in [-0.1, -0.05) is 65.8 Å². The van der Waals surface area contributed by atoms with Crippen LogP contribution in [0.25, 0.3) is 5.57 Å². The van der Waals surface area contributed by atoms with Gasteiger partial charge in [-0.25, -0.2) is 4.79 Å². The van der Waals surface area contributed by atoms with Crippen LogP contribution in [0, 0.1) is 0 Å². The van der Waals surface area contributed by atoms with E-state index >= 15 is 0 Å². The second-order valence-electron chi connectivity index (χ2n) is 7.75. The van der Waals surface area contributed by atoms with E-state index in [1.807, 2.05) is 67.6 Å². The average molecular weight is 474 g/mol. The summed E-state index contributed by atoms with van der Waals surface area (Å²) in [4.78, 5) is 17.7. The van der Waals surface area contributed by atoms with Gasteiger partial charge in [0.05, 0.1) is 25.5 Å². The van der Waals surface area contributed by atoms with Crippen LogP contribution in [0.15, 0.2) is 84.0 Å². The third kappa shape index (κ3) is 6.96. The van der Waals surface area contributed by atoms with Crippen molar-refractivity contribution in [2.75, 3.05) is 20.8 Å². The Morgan fingerprint density at radius 1 is 0.943 bits per heavy atom. The first-order valence-electron chi connectivity index (χ1n) is 11.4. The van der Waals surface area contributed by atoms with Crippen LogP contribution in [-0.4, -0.2) is 32.5 Å². The van der Waals surface area contributed by atoms with Crippen molar-refractivity contribution >= 4 is 17.3 Å². The molecule has 0 unspecified atom stereocenters. The zero-order valence-electron chi connectivity index (χ0n) is 20.6. The molecule has 0 radical (unpaired) electrons. The number of carbonyl (C=O) groups is 1. The maximum atomic E-state index is 12.2. The minimum absolute atomic E-state index is 0.244. The van der Waals surface area contributed by atoms with Gasteiger partial charge in [-0.2, -0.15) is 0 Å². The van der Waals surface area contributed by atoms with Gasteiger partial charge in [-0.15, -0.1) is 0 Å². The molecule has 0 aromatic heterocycles. The molecule has 3 rings (SSSR count). The Bertz CT molecular complexity index is 1180. The molecule has 6 nitrogen and oxygen atoms in total. The van der Waals surface area contributed by atoms with Crippen molar-refractivity contribution in [2.45, 2.75) is 26.9 Å². The maximum absolute atomic E-state index is 12.2. The zero-order valence-corrected chi connectivity index (χ0v) is 20.6. The molecule has 6 heteroatoms. The third-order valence-electron chi connectivity index (χ3n) is 5.49. The molecule has 3 aromatic rings. The molecule has 0 aliphatic heterocycles. The lowest BCUT2D eigenvalue weighted by atomic mass is 10.00. The van der Waals surface area contributed by atoms with Crippen molar-refractivity contribution in [3.05, 3.63) is 101 Å². The molecule has 0 saturated heterocycles. The first-order valence-corrected chi connectivity index (χ1v) is 11.4. The van der Waals surface area contributed by atoms with Gasteiger partial charge in [0.15, 0.2) is 11.5 Å². The molecule has 0 amide bonds. The van der Waals surface area contributed by atoms with Crippen LogP contribution in [0.3, 0.4) is 0 Å². The first kappa shape index (κ1) is 25.6. The van der Waals surface area contributed by atoms with Gasteiger partial charge >= 0.3 is 5.97 Å². The predicted molar refractivity (Wildman–Crippen MR) is 138 cm³/mol. The molecule has 0 atom stereocenters. The minimum Gasteiger partial charge on any atom is -0.493 e. The van der Waals surface area contributed by atoms with Gasteiger partial charge in [-0.05, 0) is 48.7 Å². The van der Waals surface area contributed by atoms with Crippen LogP contribution in [0.5, 0.6) is 11.5 Å². The number of oxime groups is 1. The summed E-state index contributed by atoms with van der Waals surface area (Å²) in [5, 5.41) is 4.26. The Balaban J connectivity index is 1.72. The molecule has 35 heavy (non-hydrogen) atoms. The van der Waals surface area contributed by atoms with Crippen LogP contribution >= 0.6 is 0 Å². The van der Waals surface area contributed by atoms with E-state index in [-0.39, 0.29) is 6.61 Å². The average Bonchev–Trinajstić information content (AvgIpc) is 2.91. The summed E-state index contributed by atoms with van der Waals surface area (Å²) in [6.45, 7) is 4.43. The number of rotatable bonds is 11. The summed E-state index contributed by atoms with van der Waals surface area (Å²) in [6, 6.07) is 23.4. The van der Waals surface area contributed by atoms with Gasteiger partial charge < -0.3 is 19.0 Å². The highest BCUT2D eigenvalue weighted by atomic mass is 16.6. The van der Waals surface area contributed by atoms with Gasteiger partial charge in [0.25, 0.3) is 0 Å². The smallest absolute Gasteiger partial charge is 0.338 e. The SMILES string of the molecule is CC=C(C(=O)OC)c1ccccc1COc1cc(/C(C)=N\OCCc2ccccc2)ccc1OC. The van der Waals surface area contributed by atoms with Crippen LogP contribution in [-0.2, 0) is 27.4 Å². The van der Waals surface area contributed by atoms with E-state index in [4.69, 9.17) is 19.0 Å². The molecule has 0 aliphatic rings. The highest BCUT2D eigenvalue weighted by molar-refractivity contribution is 6.16. The van der Waals surface area contributed by atoms with Crippen molar-refractivity contribution in [1.82, 2.24) is 0 Å². The number of ether oxygens (including phenoxy) is 3. The maximum Gasteiger partial charge on any atom is 0.338 e. The van der Waals surface area contributed by atoms with Crippen molar-refractivity contribution in [3.8, 4) is 11.5 Å². The quantitative estimate of drug-likeness (QED) is 0.115. The second-order valence-corrected chi connectivity index (χ2v) is 7.75. The monoisotopic (exact) mass is 473 g/mol. The van der Waals surface area contributed by atoms with Crippen LogP contribution in [0.2, 0.25) is 0 Å². The molecule has 0 aliphatic carbocycles. The normalized spacial score (nSPS) is 11.7. The Kier molecular flexibility index (Phi) is 9.49. The van der Waals surface area contributed by atoms with E-state index in [9.17, 15) is 4.79 Å². The van der Waals surface area contributed by atoms with Gasteiger partial charge in [-0.3, -0.25) is 0 Å². The molecule has 0 heterocycles. The van der Waals surface area contributed by atoms with Crippen LogP contribution < -0.4 is 9.47 Å². The van der Waals surface area contributed by atoms with E-state index in [1.54, 1.807) is 20.1 Å². The third-order valence-corrected chi connectivity index (χ3v) is 5.49. The molecular weight excluding hydrogens is 442 g/mol. The minimum atomic E-state index is -0.390. The molecule has 0 saturated carbocycles. The Hall–Kier alpha value is -4.06. The topological polar surface area (TPSA) is 66.4 Å². The standard InChI is InChI=1S/C29H31NO5/c1-5-25(29(31)33-4)26-14-10-9-13-24(26)20-34-28-19-23(15-16-27(28)32-3)21(2)30-35-18-17-22-11-7-6-8-12-22/h5-16,19H,17-18,20H2,1-4H3/b25-5?,30-21-. The number of allylic oxidation sites excluding steroid dienone is 1. The first-order chi connectivity index (χ1) is 17.1. The molecule has 182 valence electrons. The summed E-state index contributed by atoms with van der Waals surface area (Å²) >= 11 is 0. The fourth-order valence-corrected chi connectivity index (χ4v) is 3.58. The fourth-order valence-electron chi connectivity index (χ4n) is 3.58. The molecule has 0 bridgehead atoms. The number of hydrogen-bond acceptors (Lipinski definition) is 6. The van der Waals surface area contributed by atoms with Crippen molar-refractivity contribution < 1.29 is 23.8 Å². The number of carbonyl (C=O) groups excluding carboxylic acids is 1. The van der Waals surface area contributed by atoms with E-state index < -0.39 is 5.97 Å².